The summed E-state index contributed by atoms with van der Waals surface area (Å²) in [7, 11) is 0. The highest BCUT2D eigenvalue weighted by atomic mass is 32.2. The predicted octanol–water partition coefficient (Wildman–Crippen LogP) is 5.87. The second-order valence-electron chi connectivity index (χ2n) is 7.97. The highest BCUT2D eigenvalue weighted by Crippen LogP contribution is 2.41. The van der Waals surface area contributed by atoms with Crippen LogP contribution in [0.3, 0.4) is 0 Å². The third kappa shape index (κ3) is 5.39. The SMILES string of the molecule is CC1(C(=O)O)CCC(CSc2cc(C(=O)Nc3cc(F)c(F)c(F)c3)ccc2F)CC1. The standard InChI is InChI=1S/C22H21F4NO3S/c1-22(21(29)30)6-4-12(5-7-22)11-31-18-8-13(2-3-15(18)23)20(28)27-14-9-16(24)19(26)17(25)10-14/h2-3,8-10,12H,4-7,11H2,1H3,(H,27,28)(H,29,30). The van der Waals surface area contributed by atoms with Crippen LogP contribution in [0.2, 0.25) is 0 Å². The number of rotatable bonds is 6. The molecule has 1 fully saturated rings. The van der Waals surface area contributed by atoms with Crippen LogP contribution >= 0.6 is 11.8 Å². The number of anilines is 1. The van der Waals surface area contributed by atoms with Gasteiger partial charge in [-0.05, 0) is 56.7 Å². The fraction of sp³-hybridized carbons (Fsp3) is 0.364. The summed E-state index contributed by atoms with van der Waals surface area (Å²) >= 11 is 1.23. The molecule has 0 atom stereocenters. The Morgan fingerprint density at radius 1 is 1.06 bits per heavy atom. The van der Waals surface area contributed by atoms with Crippen LogP contribution in [0.15, 0.2) is 35.2 Å². The Morgan fingerprint density at radius 3 is 2.26 bits per heavy atom. The van der Waals surface area contributed by atoms with E-state index in [4.69, 9.17) is 0 Å². The summed E-state index contributed by atoms with van der Waals surface area (Å²) in [5, 5.41) is 11.6. The molecule has 4 nitrogen and oxygen atoms in total. The molecule has 2 aromatic rings. The van der Waals surface area contributed by atoms with Gasteiger partial charge in [-0.25, -0.2) is 17.6 Å². The number of aliphatic carboxylic acids is 1. The van der Waals surface area contributed by atoms with E-state index in [9.17, 15) is 32.3 Å². The van der Waals surface area contributed by atoms with Crippen LogP contribution in [0.25, 0.3) is 0 Å². The molecule has 0 saturated heterocycles. The Kier molecular flexibility index (Phi) is 6.93. The zero-order valence-corrected chi connectivity index (χ0v) is 17.5. The summed E-state index contributed by atoms with van der Waals surface area (Å²) in [4.78, 5) is 24.0. The zero-order chi connectivity index (χ0) is 22.8. The normalized spacial score (nSPS) is 21.0. The minimum Gasteiger partial charge on any atom is -0.481 e. The summed E-state index contributed by atoms with van der Waals surface area (Å²) in [6.45, 7) is 1.74. The van der Waals surface area contributed by atoms with Crippen LogP contribution in [0.1, 0.15) is 43.0 Å². The number of thioether (sulfide) groups is 1. The van der Waals surface area contributed by atoms with Gasteiger partial charge in [0.25, 0.3) is 5.91 Å². The number of nitrogens with one attached hydrogen (secondary N) is 1. The van der Waals surface area contributed by atoms with E-state index in [1.807, 2.05) is 0 Å². The van der Waals surface area contributed by atoms with Gasteiger partial charge in [-0.15, -0.1) is 11.8 Å². The van der Waals surface area contributed by atoms with Gasteiger partial charge >= 0.3 is 5.97 Å². The van der Waals surface area contributed by atoms with Gasteiger partial charge in [-0.2, -0.15) is 0 Å². The highest BCUT2D eigenvalue weighted by Gasteiger charge is 2.37. The van der Waals surface area contributed by atoms with E-state index < -0.39 is 40.6 Å². The number of hydrogen-bond acceptors (Lipinski definition) is 3. The largest absolute Gasteiger partial charge is 0.481 e. The first-order valence-electron chi connectivity index (χ1n) is 9.71. The molecule has 1 aliphatic carbocycles. The van der Waals surface area contributed by atoms with Crippen LogP contribution in [0.4, 0.5) is 23.2 Å². The van der Waals surface area contributed by atoms with Gasteiger partial charge in [0.05, 0.1) is 5.41 Å². The first-order chi connectivity index (χ1) is 14.6. The number of carboxylic acid groups (broad SMARTS) is 1. The van der Waals surface area contributed by atoms with Gasteiger partial charge in [-0.1, -0.05) is 0 Å². The molecule has 2 N–H and O–H groups in total. The zero-order valence-electron chi connectivity index (χ0n) is 16.7. The Bertz CT molecular complexity index is 983. The van der Waals surface area contributed by atoms with Crippen molar-refractivity contribution in [1.82, 2.24) is 0 Å². The first kappa shape index (κ1) is 23.1. The molecule has 0 bridgehead atoms. The van der Waals surface area contributed by atoms with E-state index in [0.29, 0.717) is 30.7 Å². The van der Waals surface area contributed by atoms with Crippen molar-refractivity contribution in [3.63, 3.8) is 0 Å². The summed E-state index contributed by atoms with van der Waals surface area (Å²) in [6.07, 6.45) is 2.56. The van der Waals surface area contributed by atoms with Crippen LogP contribution in [-0.4, -0.2) is 22.7 Å². The predicted molar refractivity (Wildman–Crippen MR) is 109 cm³/mol. The molecule has 1 amide bonds. The van der Waals surface area contributed by atoms with Gasteiger partial charge in [0.2, 0.25) is 0 Å². The van der Waals surface area contributed by atoms with Crippen LogP contribution < -0.4 is 5.32 Å². The molecular formula is C22H21F4NO3S. The number of benzene rings is 2. The third-order valence-electron chi connectivity index (χ3n) is 5.63. The number of hydrogen-bond donors (Lipinski definition) is 2. The molecule has 0 spiro atoms. The molecule has 0 unspecified atom stereocenters. The van der Waals surface area contributed by atoms with Crippen molar-refractivity contribution in [2.45, 2.75) is 37.5 Å². The Morgan fingerprint density at radius 2 is 1.68 bits per heavy atom. The molecule has 166 valence electrons. The molecular weight excluding hydrogens is 434 g/mol. The summed E-state index contributed by atoms with van der Waals surface area (Å²) in [5.41, 5.74) is -0.899. The maximum absolute atomic E-state index is 14.2. The number of carbonyl (C=O) groups is 2. The van der Waals surface area contributed by atoms with Gasteiger partial charge in [0.15, 0.2) is 17.5 Å². The Hall–Kier alpha value is -2.55. The van der Waals surface area contributed by atoms with Crippen molar-refractivity contribution in [2.75, 3.05) is 11.1 Å². The lowest BCUT2D eigenvalue weighted by Gasteiger charge is -2.33. The lowest BCUT2D eigenvalue weighted by atomic mass is 9.72. The van der Waals surface area contributed by atoms with Crippen molar-refractivity contribution in [2.24, 2.45) is 11.3 Å². The molecule has 31 heavy (non-hydrogen) atoms. The Balaban J connectivity index is 1.64. The maximum atomic E-state index is 14.2. The second-order valence-corrected chi connectivity index (χ2v) is 9.04. The van der Waals surface area contributed by atoms with Crippen molar-refractivity contribution in [3.05, 3.63) is 59.2 Å². The third-order valence-corrected chi connectivity index (χ3v) is 6.90. The molecule has 0 radical (unpaired) electrons. The van der Waals surface area contributed by atoms with Gasteiger partial charge in [0, 0.05) is 34.0 Å². The van der Waals surface area contributed by atoms with E-state index in [1.54, 1.807) is 6.92 Å². The van der Waals surface area contributed by atoms with Crippen LogP contribution in [0.5, 0.6) is 0 Å². The number of carboxylic acids is 1. The average Bonchev–Trinajstić information content (AvgIpc) is 2.72. The van der Waals surface area contributed by atoms with Gasteiger partial charge in [-0.3, -0.25) is 9.59 Å². The number of halogens is 4. The maximum Gasteiger partial charge on any atom is 0.309 e. The van der Waals surface area contributed by atoms with Crippen LogP contribution in [-0.2, 0) is 4.79 Å². The molecule has 3 rings (SSSR count). The minimum atomic E-state index is -1.63. The molecule has 9 heteroatoms. The summed E-state index contributed by atoms with van der Waals surface area (Å²) < 4.78 is 53.9. The van der Waals surface area contributed by atoms with E-state index in [-0.39, 0.29) is 22.1 Å². The van der Waals surface area contributed by atoms with Crippen molar-refractivity contribution in [1.29, 1.82) is 0 Å². The lowest BCUT2D eigenvalue weighted by molar-refractivity contribution is -0.150. The summed E-state index contributed by atoms with van der Waals surface area (Å²) in [5.74, 6) is -5.72. The Labute approximate surface area is 181 Å². The van der Waals surface area contributed by atoms with Crippen molar-refractivity contribution in [3.8, 4) is 0 Å². The van der Waals surface area contributed by atoms with Gasteiger partial charge < -0.3 is 10.4 Å². The number of amides is 1. The van der Waals surface area contributed by atoms with E-state index in [0.717, 1.165) is 18.9 Å². The smallest absolute Gasteiger partial charge is 0.309 e. The molecule has 1 aliphatic rings. The second kappa shape index (κ2) is 9.30. The topological polar surface area (TPSA) is 66.4 Å². The fourth-order valence-electron chi connectivity index (χ4n) is 3.49. The van der Waals surface area contributed by atoms with E-state index in [1.165, 1.54) is 23.9 Å². The van der Waals surface area contributed by atoms with Crippen molar-refractivity contribution < 1.29 is 32.3 Å². The average molecular weight is 455 g/mol. The van der Waals surface area contributed by atoms with E-state index in [2.05, 4.69) is 5.32 Å². The first-order valence-corrected chi connectivity index (χ1v) is 10.7. The van der Waals surface area contributed by atoms with E-state index >= 15 is 0 Å². The van der Waals surface area contributed by atoms with Gasteiger partial charge in [0.1, 0.15) is 5.82 Å². The van der Waals surface area contributed by atoms with Crippen molar-refractivity contribution >= 4 is 29.3 Å². The summed E-state index contributed by atoms with van der Waals surface area (Å²) in [6, 6.07) is 5.03. The molecule has 0 heterocycles. The lowest BCUT2D eigenvalue weighted by Crippen LogP contribution is -2.32. The molecule has 0 aromatic heterocycles. The fourth-order valence-corrected chi connectivity index (χ4v) is 4.65. The van der Waals surface area contributed by atoms with Crippen LogP contribution in [0, 0.1) is 34.6 Å². The quantitative estimate of drug-likeness (QED) is 0.325. The number of carbonyl (C=O) groups excluding carboxylic acids is 1. The minimum absolute atomic E-state index is 0.0798. The molecule has 0 aliphatic heterocycles. The monoisotopic (exact) mass is 455 g/mol. The highest BCUT2D eigenvalue weighted by molar-refractivity contribution is 7.99. The molecule has 1 saturated carbocycles. The molecule has 2 aromatic carbocycles.